The molecule has 0 radical (unpaired) electrons. The molecule has 1 saturated heterocycles. The summed E-state index contributed by atoms with van der Waals surface area (Å²) in [5.41, 5.74) is 1.68. The fourth-order valence-corrected chi connectivity index (χ4v) is 5.75. The molecule has 2 heterocycles. The maximum atomic E-state index is 13.3. The fourth-order valence-electron chi connectivity index (χ4n) is 4.47. The summed E-state index contributed by atoms with van der Waals surface area (Å²) in [5.74, 6) is 1.41. The van der Waals surface area contributed by atoms with E-state index >= 15 is 0 Å². The van der Waals surface area contributed by atoms with E-state index in [-0.39, 0.29) is 16.9 Å². The van der Waals surface area contributed by atoms with Crippen molar-refractivity contribution in [3.05, 3.63) is 60.3 Å². The average molecular weight is 599 g/mol. The molecule has 0 spiro atoms. The topological polar surface area (TPSA) is 118 Å². The van der Waals surface area contributed by atoms with Gasteiger partial charge in [0, 0.05) is 17.5 Å². The number of carbonyl (C=O) groups is 1. The van der Waals surface area contributed by atoms with Crippen LogP contribution in [0.4, 0.5) is 28.8 Å². The zero-order valence-electron chi connectivity index (χ0n) is 23.6. The summed E-state index contributed by atoms with van der Waals surface area (Å²) in [6, 6.07) is 10.6. The van der Waals surface area contributed by atoms with E-state index in [0.29, 0.717) is 46.3 Å². The Balaban J connectivity index is 1.53. The normalized spacial score (nSPS) is 13.8. The van der Waals surface area contributed by atoms with Gasteiger partial charge in [-0.15, -0.1) is 0 Å². The lowest BCUT2D eigenvalue weighted by Gasteiger charge is -2.26. The van der Waals surface area contributed by atoms with Gasteiger partial charge in [0.25, 0.3) is 0 Å². The molecule has 3 N–H and O–H groups in total. The monoisotopic (exact) mass is 598 g/mol. The molecule has 1 aliphatic rings. The van der Waals surface area contributed by atoms with Gasteiger partial charge in [0.15, 0.2) is 5.82 Å². The number of halogens is 1. The van der Waals surface area contributed by atoms with Crippen LogP contribution in [0.15, 0.2) is 55.3 Å². The predicted molar refractivity (Wildman–Crippen MR) is 167 cm³/mol. The Hall–Kier alpha value is -3.59. The standard InChI is InChI=1S/C29H36ClN6O4P/c1-5-27(37)32-20-9-12-25(39-2)24(17-20)34-29-31-19-22(30)28(35-29)33-23-11-10-21(18-26(23)41(3,4)38)40-16-15-36-13-7-6-8-14-36/h5,9-12,17-19H,1,6-8,13-16H2,2-4H3,(H,32,37)(H2,31,33,34,35). The van der Waals surface area contributed by atoms with Gasteiger partial charge in [0.2, 0.25) is 11.9 Å². The molecule has 218 valence electrons. The minimum absolute atomic E-state index is 0.234. The molecule has 0 saturated carbocycles. The van der Waals surface area contributed by atoms with Crippen molar-refractivity contribution in [3.8, 4) is 11.5 Å². The Bertz CT molecular complexity index is 1440. The summed E-state index contributed by atoms with van der Waals surface area (Å²) < 4.78 is 24.7. The first-order valence-electron chi connectivity index (χ1n) is 13.4. The molecule has 0 bridgehead atoms. The quantitative estimate of drug-likeness (QED) is 0.174. The van der Waals surface area contributed by atoms with Gasteiger partial charge in [0.05, 0.1) is 24.7 Å². The van der Waals surface area contributed by atoms with Crippen molar-refractivity contribution in [1.29, 1.82) is 0 Å². The van der Waals surface area contributed by atoms with Crippen molar-refractivity contribution < 1.29 is 18.8 Å². The van der Waals surface area contributed by atoms with Crippen LogP contribution < -0.4 is 30.7 Å². The summed E-state index contributed by atoms with van der Waals surface area (Å²) in [5, 5.41) is 9.96. The highest BCUT2D eigenvalue weighted by Gasteiger charge is 2.20. The number of methoxy groups -OCH3 is 1. The number of likely N-dealkylation sites (tertiary alicyclic amines) is 1. The summed E-state index contributed by atoms with van der Waals surface area (Å²) in [6.07, 6.45) is 6.41. The number of rotatable bonds is 12. The van der Waals surface area contributed by atoms with Gasteiger partial charge in [-0.25, -0.2) is 4.98 Å². The number of hydrogen-bond acceptors (Lipinski definition) is 9. The second kappa shape index (κ2) is 13.9. The molecular weight excluding hydrogens is 563 g/mol. The van der Waals surface area contributed by atoms with Crippen molar-refractivity contribution in [3.63, 3.8) is 0 Å². The SMILES string of the molecule is C=CC(=O)Nc1ccc(OC)c(Nc2ncc(Cl)c(Nc3ccc(OCCN4CCCCC4)cc3P(C)(C)=O)n2)c1. The second-order valence-electron chi connectivity index (χ2n) is 10.0. The van der Waals surface area contributed by atoms with Crippen molar-refractivity contribution >= 4 is 58.8 Å². The minimum atomic E-state index is -2.70. The number of aromatic nitrogens is 2. The molecule has 10 nitrogen and oxygen atoms in total. The first kappa shape index (κ1) is 30.4. The molecule has 41 heavy (non-hydrogen) atoms. The summed E-state index contributed by atoms with van der Waals surface area (Å²) in [7, 11) is -1.17. The molecule has 1 amide bonds. The summed E-state index contributed by atoms with van der Waals surface area (Å²) in [6.45, 7) is 10.5. The van der Waals surface area contributed by atoms with E-state index in [4.69, 9.17) is 21.1 Å². The Morgan fingerprint density at radius 2 is 1.90 bits per heavy atom. The third kappa shape index (κ3) is 8.45. The van der Waals surface area contributed by atoms with Crippen LogP contribution in [-0.2, 0) is 9.36 Å². The highest BCUT2D eigenvalue weighted by Crippen LogP contribution is 2.40. The number of ether oxygens (including phenoxy) is 2. The number of amides is 1. The molecule has 2 aromatic carbocycles. The van der Waals surface area contributed by atoms with Gasteiger partial charge in [-0.05, 0) is 81.7 Å². The third-order valence-corrected chi connectivity index (χ3v) is 8.38. The largest absolute Gasteiger partial charge is 0.495 e. The molecule has 0 aliphatic carbocycles. The first-order valence-corrected chi connectivity index (χ1v) is 16.4. The van der Waals surface area contributed by atoms with Crippen LogP contribution in [0.5, 0.6) is 11.5 Å². The van der Waals surface area contributed by atoms with Crippen molar-refractivity contribution in [1.82, 2.24) is 14.9 Å². The third-order valence-electron chi connectivity index (χ3n) is 6.57. The van der Waals surface area contributed by atoms with Crippen LogP contribution >= 0.6 is 18.7 Å². The number of hydrogen-bond donors (Lipinski definition) is 3. The number of benzene rings is 2. The molecule has 1 aliphatic heterocycles. The van der Waals surface area contributed by atoms with Crippen molar-refractivity contribution in [2.24, 2.45) is 0 Å². The molecule has 12 heteroatoms. The second-order valence-corrected chi connectivity index (χ2v) is 13.6. The molecule has 1 fully saturated rings. The van der Waals surface area contributed by atoms with Gasteiger partial charge in [0.1, 0.15) is 30.3 Å². The van der Waals surface area contributed by atoms with Crippen molar-refractivity contribution in [2.75, 3.05) is 62.6 Å². The highest BCUT2D eigenvalue weighted by molar-refractivity contribution is 7.70. The van der Waals surface area contributed by atoms with Crippen molar-refractivity contribution in [2.45, 2.75) is 19.3 Å². The van der Waals surface area contributed by atoms with Gasteiger partial charge < -0.3 is 30.0 Å². The van der Waals surface area contributed by atoms with E-state index in [1.807, 2.05) is 18.2 Å². The zero-order valence-corrected chi connectivity index (χ0v) is 25.2. The summed E-state index contributed by atoms with van der Waals surface area (Å²) >= 11 is 6.45. The number of piperidine rings is 1. The van der Waals surface area contributed by atoms with Gasteiger partial charge in [-0.3, -0.25) is 9.69 Å². The maximum Gasteiger partial charge on any atom is 0.247 e. The van der Waals surface area contributed by atoms with Gasteiger partial charge in [-0.2, -0.15) is 4.98 Å². The van der Waals surface area contributed by atoms with E-state index in [0.717, 1.165) is 19.6 Å². The molecule has 1 aromatic heterocycles. The summed E-state index contributed by atoms with van der Waals surface area (Å²) in [4.78, 5) is 23.0. The van der Waals surface area contributed by atoms with E-state index < -0.39 is 7.14 Å². The molecule has 4 rings (SSSR count). The van der Waals surface area contributed by atoms with Gasteiger partial charge >= 0.3 is 0 Å². The van der Waals surface area contributed by atoms with Crippen LogP contribution in [0.1, 0.15) is 19.3 Å². The average Bonchev–Trinajstić information content (AvgIpc) is 2.95. The predicted octanol–water partition coefficient (Wildman–Crippen LogP) is 5.86. The number of nitrogens with zero attached hydrogens (tertiary/aromatic N) is 3. The first-order chi connectivity index (χ1) is 19.7. The molecular formula is C29H36ClN6O4P. The smallest absolute Gasteiger partial charge is 0.247 e. The maximum absolute atomic E-state index is 13.3. The number of carbonyl (C=O) groups excluding carboxylic acids is 1. The Morgan fingerprint density at radius 1 is 1.12 bits per heavy atom. The lowest BCUT2D eigenvalue weighted by molar-refractivity contribution is -0.111. The van der Waals surface area contributed by atoms with E-state index in [1.54, 1.807) is 31.5 Å². The fraction of sp³-hybridized carbons (Fsp3) is 0.345. The van der Waals surface area contributed by atoms with E-state index in [9.17, 15) is 9.36 Å². The van der Waals surface area contributed by atoms with Gasteiger partial charge in [-0.1, -0.05) is 24.6 Å². The minimum Gasteiger partial charge on any atom is -0.495 e. The highest BCUT2D eigenvalue weighted by atomic mass is 35.5. The van der Waals surface area contributed by atoms with Crippen LogP contribution in [0, 0.1) is 0 Å². The molecule has 0 unspecified atom stereocenters. The molecule has 0 atom stereocenters. The van der Waals surface area contributed by atoms with E-state index in [2.05, 4.69) is 37.4 Å². The Labute approximate surface area is 245 Å². The molecule has 3 aromatic rings. The Morgan fingerprint density at radius 3 is 2.61 bits per heavy atom. The number of nitrogens with one attached hydrogen (secondary N) is 3. The van der Waals surface area contributed by atoms with Crippen LogP contribution in [0.2, 0.25) is 5.02 Å². The zero-order chi connectivity index (χ0) is 29.4. The van der Waals surface area contributed by atoms with Crippen LogP contribution in [-0.4, -0.2) is 67.5 Å². The Kier molecular flexibility index (Phi) is 10.3. The lowest BCUT2D eigenvalue weighted by Crippen LogP contribution is -2.33. The lowest BCUT2D eigenvalue weighted by atomic mass is 10.1. The van der Waals surface area contributed by atoms with Crippen LogP contribution in [0.3, 0.4) is 0 Å². The number of anilines is 5. The van der Waals surface area contributed by atoms with E-state index in [1.165, 1.54) is 38.6 Å². The van der Waals surface area contributed by atoms with Crippen LogP contribution in [0.25, 0.3) is 0 Å².